The van der Waals surface area contributed by atoms with Crippen molar-refractivity contribution in [3.8, 4) is 5.69 Å². The van der Waals surface area contributed by atoms with Gasteiger partial charge < -0.3 is 10.0 Å². The van der Waals surface area contributed by atoms with Gasteiger partial charge in [-0.2, -0.15) is 0 Å². The van der Waals surface area contributed by atoms with E-state index >= 15 is 0 Å². The highest BCUT2D eigenvalue weighted by Crippen LogP contribution is 2.37. The molecule has 32 heavy (non-hydrogen) atoms. The Labute approximate surface area is 194 Å². The monoisotopic (exact) mass is 468 g/mol. The molecule has 0 saturated heterocycles. The van der Waals surface area contributed by atoms with Crippen LogP contribution < -0.4 is 15.6 Å². The van der Waals surface area contributed by atoms with Crippen molar-refractivity contribution in [1.29, 1.82) is 0 Å². The van der Waals surface area contributed by atoms with Crippen molar-refractivity contribution in [1.82, 2.24) is 9.55 Å². The molecule has 4 aromatic rings. The van der Waals surface area contributed by atoms with Crippen LogP contribution in [0.15, 0.2) is 65.7 Å². The summed E-state index contributed by atoms with van der Waals surface area (Å²) >= 11 is 8.00. The zero-order valence-corrected chi connectivity index (χ0v) is 19.2. The molecule has 0 fully saturated rings. The van der Waals surface area contributed by atoms with Crippen molar-refractivity contribution in [2.45, 2.75) is 20.3 Å². The van der Waals surface area contributed by atoms with Gasteiger partial charge >= 0.3 is 0 Å². The van der Waals surface area contributed by atoms with Crippen LogP contribution in [-0.4, -0.2) is 15.3 Å². The summed E-state index contributed by atoms with van der Waals surface area (Å²) < 4.78 is 19.3. The summed E-state index contributed by atoms with van der Waals surface area (Å²) in [4.78, 5) is 17.7. The average Bonchev–Trinajstić information content (AvgIpc) is 2.80. The van der Waals surface area contributed by atoms with E-state index < -0.39 is 5.82 Å². The Morgan fingerprint density at radius 2 is 1.84 bits per heavy atom. The first-order valence-electron chi connectivity index (χ1n) is 10.2. The predicted octanol–water partition coefficient (Wildman–Crippen LogP) is 6.70. The van der Waals surface area contributed by atoms with Crippen LogP contribution in [0.5, 0.6) is 0 Å². The fourth-order valence-electron chi connectivity index (χ4n) is 3.39. The fourth-order valence-corrected chi connectivity index (χ4v) is 4.32. The molecule has 0 amide bonds. The minimum Gasteiger partial charge on any atom is -0.352 e. The number of fused-ring (bicyclic) bond motifs is 1. The first-order valence-corrected chi connectivity index (χ1v) is 11.6. The largest absolute Gasteiger partial charge is 0.352 e. The first-order chi connectivity index (χ1) is 15.5. The molecule has 8 heteroatoms. The zero-order chi connectivity index (χ0) is 22.7. The molecule has 1 aromatic heterocycles. The average molecular weight is 469 g/mol. The van der Waals surface area contributed by atoms with E-state index in [-0.39, 0.29) is 16.3 Å². The number of hydrogen-bond acceptors (Lipinski definition) is 5. The van der Waals surface area contributed by atoms with Crippen molar-refractivity contribution in [2.24, 2.45) is 0 Å². The molecule has 0 atom stereocenters. The summed E-state index contributed by atoms with van der Waals surface area (Å²) in [5.41, 5.74) is 3.13. The maximum absolute atomic E-state index is 14.7. The van der Waals surface area contributed by atoms with Crippen molar-refractivity contribution in [2.75, 3.05) is 15.8 Å². The number of rotatable bonds is 7. The molecule has 164 valence electrons. The van der Waals surface area contributed by atoms with Gasteiger partial charge in [-0.1, -0.05) is 48.7 Å². The summed E-state index contributed by atoms with van der Waals surface area (Å²) in [5, 5.41) is 3.80. The number of aromatic nitrogens is 2. The third-order valence-corrected chi connectivity index (χ3v) is 6.43. The summed E-state index contributed by atoms with van der Waals surface area (Å²) in [7, 11) is 0. The molecule has 0 radical (unpaired) electrons. The van der Waals surface area contributed by atoms with Crippen LogP contribution in [0.2, 0.25) is 5.02 Å². The van der Waals surface area contributed by atoms with Gasteiger partial charge in [-0.05, 0) is 55.3 Å². The topological polar surface area (TPSA) is 59.0 Å². The van der Waals surface area contributed by atoms with E-state index in [0.717, 1.165) is 17.9 Å². The second-order valence-corrected chi connectivity index (χ2v) is 8.53. The van der Waals surface area contributed by atoms with E-state index in [1.54, 1.807) is 18.2 Å². The number of halogens is 2. The number of para-hydroxylation sites is 1. The molecule has 0 spiro atoms. The maximum Gasteiger partial charge on any atom is 0.266 e. The Morgan fingerprint density at radius 1 is 1.09 bits per heavy atom. The Balaban J connectivity index is 1.76. The Bertz CT molecular complexity index is 1330. The lowest BCUT2D eigenvalue weighted by molar-refractivity contribution is 0.632. The molecule has 0 unspecified atom stereocenters. The number of anilines is 3. The molecule has 2 N–H and O–H groups in total. The van der Waals surface area contributed by atoms with Crippen LogP contribution in [0.3, 0.4) is 0 Å². The van der Waals surface area contributed by atoms with Gasteiger partial charge in [-0.3, -0.25) is 9.36 Å². The van der Waals surface area contributed by atoms with Crippen LogP contribution in [-0.2, 0) is 0 Å². The van der Waals surface area contributed by atoms with Gasteiger partial charge in [0.1, 0.15) is 12.1 Å². The van der Waals surface area contributed by atoms with E-state index in [1.165, 1.54) is 28.9 Å². The highest BCUT2D eigenvalue weighted by molar-refractivity contribution is 8.00. The summed E-state index contributed by atoms with van der Waals surface area (Å²) in [6.07, 6.45) is 2.53. The number of benzene rings is 3. The molecule has 1 heterocycles. The number of nitrogens with zero attached hydrogens (tertiary/aromatic N) is 2. The summed E-state index contributed by atoms with van der Waals surface area (Å²) in [5.74, 6) is 0.425. The SMILES string of the molecule is CCCSNc1ccc(F)c(Nc2ccc3ncn(-c4ccccc4)c(=O)c3c2C)c1Cl. The van der Waals surface area contributed by atoms with Crippen LogP contribution in [0.1, 0.15) is 18.9 Å². The molecule has 3 aromatic carbocycles. The van der Waals surface area contributed by atoms with Crippen molar-refractivity contribution in [3.63, 3.8) is 0 Å². The first kappa shape index (κ1) is 22.2. The van der Waals surface area contributed by atoms with Gasteiger partial charge in [-0.15, -0.1) is 0 Å². The minimum atomic E-state index is -0.478. The van der Waals surface area contributed by atoms with E-state index in [1.807, 2.05) is 37.3 Å². The van der Waals surface area contributed by atoms with E-state index in [9.17, 15) is 9.18 Å². The highest BCUT2D eigenvalue weighted by atomic mass is 35.5. The third kappa shape index (κ3) is 4.31. The lowest BCUT2D eigenvalue weighted by Gasteiger charge is -2.16. The highest BCUT2D eigenvalue weighted by Gasteiger charge is 2.16. The molecule has 0 bridgehead atoms. The lowest BCUT2D eigenvalue weighted by Crippen LogP contribution is -2.19. The van der Waals surface area contributed by atoms with Crippen LogP contribution in [0.25, 0.3) is 16.6 Å². The Morgan fingerprint density at radius 3 is 2.59 bits per heavy atom. The molecule has 4 rings (SSSR count). The number of nitrogens with one attached hydrogen (secondary N) is 2. The molecule has 0 aliphatic rings. The molecular formula is C24H22ClFN4OS. The van der Waals surface area contributed by atoms with Crippen LogP contribution >= 0.6 is 23.5 Å². The predicted molar refractivity (Wildman–Crippen MR) is 133 cm³/mol. The molecule has 0 aliphatic carbocycles. The second kappa shape index (κ2) is 9.63. The van der Waals surface area contributed by atoms with Gasteiger partial charge in [0, 0.05) is 11.4 Å². The van der Waals surface area contributed by atoms with E-state index in [4.69, 9.17) is 11.6 Å². The van der Waals surface area contributed by atoms with Gasteiger partial charge in [0.15, 0.2) is 0 Å². The zero-order valence-electron chi connectivity index (χ0n) is 17.7. The van der Waals surface area contributed by atoms with Crippen LogP contribution in [0, 0.1) is 12.7 Å². The van der Waals surface area contributed by atoms with Gasteiger partial charge in [0.05, 0.1) is 33.0 Å². The Hall–Kier alpha value is -3.03. The van der Waals surface area contributed by atoms with Gasteiger partial charge in [0.2, 0.25) is 0 Å². The standard InChI is InChI=1S/C24H22ClFN4OS/c1-3-13-32-29-20-10-9-17(26)23(22(20)25)28-18-11-12-19-21(15(18)2)24(31)30(14-27-19)16-7-5-4-6-8-16/h4-12,14,28-29H,3,13H2,1-2H3. The maximum atomic E-state index is 14.7. The fraction of sp³-hybridized carbons (Fsp3) is 0.167. The number of hydrogen-bond donors (Lipinski definition) is 2. The smallest absolute Gasteiger partial charge is 0.266 e. The molecule has 5 nitrogen and oxygen atoms in total. The van der Waals surface area contributed by atoms with Gasteiger partial charge in [0.25, 0.3) is 5.56 Å². The van der Waals surface area contributed by atoms with Crippen molar-refractivity contribution >= 4 is 51.5 Å². The lowest BCUT2D eigenvalue weighted by atomic mass is 10.1. The van der Waals surface area contributed by atoms with Crippen molar-refractivity contribution < 1.29 is 4.39 Å². The Kier molecular flexibility index (Phi) is 6.67. The summed E-state index contributed by atoms with van der Waals surface area (Å²) in [6.45, 7) is 3.89. The van der Waals surface area contributed by atoms with Crippen molar-refractivity contribution in [3.05, 3.63) is 87.7 Å². The normalized spacial score (nSPS) is 11.0. The van der Waals surface area contributed by atoms with E-state index in [2.05, 4.69) is 21.9 Å². The minimum absolute atomic E-state index is 0.156. The molecular weight excluding hydrogens is 447 g/mol. The summed E-state index contributed by atoms with van der Waals surface area (Å²) in [6, 6.07) is 15.8. The molecule has 0 saturated carbocycles. The van der Waals surface area contributed by atoms with Crippen LogP contribution in [0.4, 0.5) is 21.5 Å². The quantitative estimate of drug-likeness (QED) is 0.233. The number of aryl methyl sites for hydroxylation is 1. The van der Waals surface area contributed by atoms with Gasteiger partial charge in [-0.25, -0.2) is 9.37 Å². The second-order valence-electron chi connectivity index (χ2n) is 7.25. The van der Waals surface area contributed by atoms with E-state index in [0.29, 0.717) is 27.8 Å². The molecule has 0 aliphatic heterocycles. The third-order valence-electron chi connectivity index (χ3n) is 5.06.